The lowest BCUT2D eigenvalue weighted by Crippen LogP contribution is -2.48. The number of nitrogens with zero attached hydrogens (tertiary/aromatic N) is 2. The lowest BCUT2D eigenvalue weighted by atomic mass is 10.0. The SMILES string of the molecule is COc1ccc(CN2CCN(C(=O)c3cccc4c3SCCC4=O)CC2)c(OC)c1OC. The van der Waals surface area contributed by atoms with Gasteiger partial charge in [-0.2, -0.15) is 0 Å². The Morgan fingerprint density at radius 3 is 2.41 bits per heavy atom. The second-order valence-corrected chi connectivity index (χ2v) is 8.87. The fourth-order valence-corrected chi connectivity index (χ4v) is 5.41. The highest BCUT2D eigenvalue weighted by Crippen LogP contribution is 2.40. The van der Waals surface area contributed by atoms with Crippen molar-refractivity contribution in [2.75, 3.05) is 53.3 Å². The van der Waals surface area contributed by atoms with E-state index in [9.17, 15) is 9.59 Å². The molecule has 32 heavy (non-hydrogen) atoms. The van der Waals surface area contributed by atoms with Gasteiger partial charge in [-0.1, -0.05) is 18.2 Å². The van der Waals surface area contributed by atoms with E-state index in [1.165, 1.54) is 0 Å². The smallest absolute Gasteiger partial charge is 0.255 e. The van der Waals surface area contributed by atoms with Gasteiger partial charge >= 0.3 is 0 Å². The van der Waals surface area contributed by atoms with Crippen molar-refractivity contribution < 1.29 is 23.8 Å². The number of thioether (sulfide) groups is 1. The van der Waals surface area contributed by atoms with E-state index in [0.29, 0.717) is 54.4 Å². The first-order chi connectivity index (χ1) is 15.6. The molecule has 4 rings (SSSR count). The van der Waals surface area contributed by atoms with Crippen LogP contribution in [0.4, 0.5) is 0 Å². The number of piperazine rings is 1. The van der Waals surface area contributed by atoms with Gasteiger partial charge < -0.3 is 19.1 Å². The minimum atomic E-state index is 0.00685. The first kappa shape index (κ1) is 22.5. The summed E-state index contributed by atoms with van der Waals surface area (Å²) in [5.74, 6) is 2.75. The number of carbonyl (C=O) groups excluding carboxylic acids is 2. The van der Waals surface area contributed by atoms with Crippen LogP contribution in [0.1, 0.15) is 32.7 Å². The predicted octanol–water partition coefficient (Wildman–Crippen LogP) is 3.35. The molecule has 0 spiro atoms. The normalized spacial score (nSPS) is 16.5. The van der Waals surface area contributed by atoms with Crippen LogP contribution >= 0.6 is 11.8 Å². The molecule has 0 radical (unpaired) electrons. The van der Waals surface area contributed by atoms with E-state index in [2.05, 4.69) is 4.90 Å². The summed E-state index contributed by atoms with van der Waals surface area (Å²) < 4.78 is 16.5. The van der Waals surface area contributed by atoms with Gasteiger partial charge in [0.2, 0.25) is 5.75 Å². The number of hydrogen-bond donors (Lipinski definition) is 0. The Kier molecular flexibility index (Phi) is 6.91. The molecule has 170 valence electrons. The number of carbonyl (C=O) groups is 2. The van der Waals surface area contributed by atoms with E-state index in [4.69, 9.17) is 14.2 Å². The number of rotatable bonds is 6. The summed E-state index contributed by atoms with van der Waals surface area (Å²) in [5.41, 5.74) is 2.35. The lowest BCUT2D eigenvalue weighted by Gasteiger charge is -2.35. The lowest BCUT2D eigenvalue weighted by molar-refractivity contribution is 0.0624. The zero-order valence-corrected chi connectivity index (χ0v) is 19.5. The first-order valence-electron chi connectivity index (χ1n) is 10.7. The van der Waals surface area contributed by atoms with Crippen LogP contribution in [0, 0.1) is 0 Å². The molecule has 0 unspecified atom stereocenters. The van der Waals surface area contributed by atoms with Crippen molar-refractivity contribution in [3.63, 3.8) is 0 Å². The minimum Gasteiger partial charge on any atom is -0.493 e. The van der Waals surface area contributed by atoms with Gasteiger partial charge in [-0.3, -0.25) is 14.5 Å². The number of ether oxygens (including phenoxy) is 3. The van der Waals surface area contributed by atoms with Crippen molar-refractivity contribution in [3.8, 4) is 17.2 Å². The Hall–Kier alpha value is -2.71. The summed E-state index contributed by atoms with van der Waals surface area (Å²) in [7, 11) is 4.83. The zero-order valence-electron chi connectivity index (χ0n) is 18.7. The fourth-order valence-electron chi connectivity index (χ4n) is 4.27. The topological polar surface area (TPSA) is 68.3 Å². The Bertz CT molecular complexity index is 1020. The molecular weight excluding hydrogens is 428 g/mol. The number of benzene rings is 2. The van der Waals surface area contributed by atoms with Crippen LogP contribution in [-0.2, 0) is 6.54 Å². The number of hydrogen-bond acceptors (Lipinski definition) is 7. The van der Waals surface area contributed by atoms with E-state index < -0.39 is 0 Å². The molecule has 0 aromatic heterocycles. The number of methoxy groups -OCH3 is 3. The summed E-state index contributed by atoms with van der Waals surface area (Å²) in [6.07, 6.45) is 0.535. The molecule has 1 amide bonds. The molecule has 2 aromatic rings. The maximum atomic E-state index is 13.2. The van der Waals surface area contributed by atoms with E-state index in [0.717, 1.165) is 29.3 Å². The van der Waals surface area contributed by atoms with Gasteiger partial charge in [-0.15, -0.1) is 11.8 Å². The zero-order chi connectivity index (χ0) is 22.7. The molecule has 2 aliphatic rings. The van der Waals surface area contributed by atoms with E-state index >= 15 is 0 Å². The third-order valence-electron chi connectivity index (χ3n) is 5.96. The standard InChI is InChI=1S/C24H28N2O5S/c1-29-20-8-7-16(21(30-2)22(20)31-3)15-25-10-12-26(13-11-25)24(28)18-6-4-5-17-19(27)9-14-32-23(17)18/h4-8H,9-15H2,1-3H3. The van der Waals surface area contributed by atoms with Crippen LogP contribution in [0.3, 0.4) is 0 Å². The Morgan fingerprint density at radius 2 is 1.72 bits per heavy atom. The number of Topliss-reactive ketones (excluding diaryl/α,β-unsaturated/α-hetero) is 1. The summed E-state index contributed by atoms with van der Waals surface area (Å²) in [4.78, 5) is 30.5. The van der Waals surface area contributed by atoms with Crippen molar-refractivity contribution in [2.24, 2.45) is 0 Å². The van der Waals surface area contributed by atoms with Crippen LogP contribution in [-0.4, -0.2) is 74.8 Å². The monoisotopic (exact) mass is 456 g/mol. The van der Waals surface area contributed by atoms with Gasteiger partial charge in [-0.05, 0) is 12.1 Å². The molecule has 0 bridgehead atoms. The molecule has 0 saturated carbocycles. The molecule has 1 fully saturated rings. The average molecular weight is 457 g/mol. The minimum absolute atomic E-state index is 0.00685. The quantitative estimate of drug-likeness (QED) is 0.660. The van der Waals surface area contributed by atoms with E-state index in [1.807, 2.05) is 35.2 Å². The van der Waals surface area contributed by atoms with Crippen LogP contribution < -0.4 is 14.2 Å². The molecule has 2 aliphatic heterocycles. The first-order valence-corrected chi connectivity index (χ1v) is 11.6. The average Bonchev–Trinajstić information content (AvgIpc) is 2.83. The van der Waals surface area contributed by atoms with Gasteiger partial charge in [0.25, 0.3) is 5.91 Å². The molecule has 8 heteroatoms. The number of amides is 1. The Balaban J connectivity index is 1.44. The Morgan fingerprint density at radius 1 is 0.969 bits per heavy atom. The van der Waals surface area contributed by atoms with E-state index in [1.54, 1.807) is 33.1 Å². The highest BCUT2D eigenvalue weighted by atomic mass is 32.2. The van der Waals surface area contributed by atoms with Gasteiger partial charge in [-0.25, -0.2) is 0 Å². The number of ketones is 1. The van der Waals surface area contributed by atoms with Crippen molar-refractivity contribution in [1.82, 2.24) is 9.80 Å². The van der Waals surface area contributed by atoms with Gasteiger partial charge in [0, 0.05) is 60.9 Å². The third-order valence-corrected chi connectivity index (χ3v) is 7.10. The van der Waals surface area contributed by atoms with Gasteiger partial charge in [0.05, 0.1) is 26.9 Å². The largest absolute Gasteiger partial charge is 0.493 e. The molecule has 2 heterocycles. The molecule has 2 aromatic carbocycles. The highest BCUT2D eigenvalue weighted by molar-refractivity contribution is 7.99. The maximum absolute atomic E-state index is 13.2. The molecule has 7 nitrogen and oxygen atoms in total. The molecule has 0 atom stereocenters. The summed E-state index contributed by atoms with van der Waals surface area (Å²) in [5, 5.41) is 0. The molecular formula is C24H28N2O5S. The number of fused-ring (bicyclic) bond motifs is 1. The van der Waals surface area contributed by atoms with Gasteiger partial charge in [0.1, 0.15) is 0 Å². The van der Waals surface area contributed by atoms with Crippen molar-refractivity contribution in [1.29, 1.82) is 0 Å². The van der Waals surface area contributed by atoms with Gasteiger partial charge in [0.15, 0.2) is 17.3 Å². The molecule has 0 aliphatic carbocycles. The van der Waals surface area contributed by atoms with Crippen molar-refractivity contribution in [3.05, 3.63) is 47.0 Å². The van der Waals surface area contributed by atoms with E-state index in [-0.39, 0.29) is 11.7 Å². The van der Waals surface area contributed by atoms with Crippen LogP contribution in [0.25, 0.3) is 0 Å². The van der Waals surface area contributed by atoms with Crippen LogP contribution in [0.5, 0.6) is 17.2 Å². The summed E-state index contributed by atoms with van der Waals surface area (Å²) in [6.45, 7) is 3.47. The third kappa shape index (κ3) is 4.29. The Labute approximate surface area is 192 Å². The second kappa shape index (κ2) is 9.83. The fraction of sp³-hybridized carbons (Fsp3) is 0.417. The maximum Gasteiger partial charge on any atom is 0.255 e. The van der Waals surface area contributed by atoms with Crippen LogP contribution in [0.15, 0.2) is 35.2 Å². The van der Waals surface area contributed by atoms with Crippen molar-refractivity contribution in [2.45, 2.75) is 17.9 Å². The van der Waals surface area contributed by atoms with Crippen LogP contribution in [0.2, 0.25) is 0 Å². The second-order valence-electron chi connectivity index (χ2n) is 7.77. The highest BCUT2D eigenvalue weighted by Gasteiger charge is 2.28. The predicted molar refractivity (Wildman–Crippen MR) is 123 cm³/mol. The summed E-state index contributed by atoms with van der Waals surface area (Å²) >= 11 is 1.61. The molecule has 1 saturated heterocycles. The van der Waals surface area contributed by atoms with Crippen molar-refractivity contribution >= 4 is 23.5 Å². The molecule has 0 N–H and O–H groups in total. The summed E-state index contributed by atoms with van der Waals surface area (Å²) in [6, 6.07) is 9.36.